The van der Waals surface area contributed by atoms with Gasteiger partial charge in [-0.05, 0) is 20.8 Å². The maximum atomic E-state index is 11.3. The van der Waals surface area contributed by atoms with Crippen LogP contribution in [0.5, 0.6) is 0 Å². The summed E-state index contributed by atoms with van der Waals surface area (Å²) in [6, 6.07) is -0.773. The highest BCUT2D eigenvalue weighted by atomic mass is 16.6. The van der Waals surface area contributed by atoms with Crippen molar-refractivity contribution in [3.8, 4) is 0 Å². The zero-order chi connectivity index (χ0) is 12.1. The van der Waals surface area contributed by atoms with Crippen molar-refractivity contribution in [3.63, 3.8) is 0 Å². The van der Waals surface area contributed by atoms with E-state index < -0.39 is 17.7 Å². The molecule has 0 radical (unpaired) electrons. The lowest BCUT2D eigenvalue weighted by atomic mass is 10.2. The smallest absolute Gasteiger partial charge is 0.408 e. The Labute approximate surface area is 89.9 Å². The normalized spacial score (nSPS) is 12.5. The summed E-state index contributed by atoms with van der Waals surface area (Å²) in [7, 11) is 1.48. The topological polar surface area (TPSA) is 67.4 Å². The van der Waals surface area contributed by atoms with Gasteiger partial charge in [0.2, 0.25) is 5.91 Å². The summed E-state index contributed by atoms with van der Waals surface area (Å²) < 4.78 is 4.99. The molecule has 1 atom stereocenters. The second-order valence-corrected chi connectivity index (χ2v) is 3.97. The molecule has 0 spiro atoms. The van der Waals surface area contributed by atoms with Gasteiger partial charge >= 0.3 is 6.09 Å². The van der Waals surface area contributed by atoms with Crippen molar-refractivity contribution in [2.45, 2.75) is 32.4 Å². The molecule has 0 bridgehead atoms. The van der Waals surface area contributed by atoms with Crippen LogP contribution in [0.3, 0.4) is 0 Å². The molecule has 0 aliphatic heterocycles. The second kappa shape index (κ2) is 5.38. The molecule has 86 valence electrons. The molecule has 0 aromatic rings. The average Bonchev–Trinajstić information content (AvgIpc) is 2.10. The fourth-order valence-corrected chi connectivity index (χ4v) is 0.822. The van der Waals surface area contributed by atoms with Gasteiger partial charge in [-0.2, -0.15) is 0 Å². The molecule has 0 fully saturated rings. The lowest BCUT2D eigenvalue weighted by molar-refractivity contribution is -0.121. The van der Waals surface area contributed by atoms with E-state index in [2.05, 4.69) is 17.2 Å². The van der Waals surface area contributed by atoms with Crippen LogP contribution in [-0.2, 0) is 9.53 Å². The Morgan fingerprint density at radius 3 is 2.27 bits per heavy atom. The summed E-state index contributed by atoms with van der Waals surface area (Å²) in [6.45, 7) is 8.68. The zero-order valence-electron chi connectivity index (χ0n) is 9.59. The van der Waals surface area contributed by atoms with Crippen molar-refractivity contribution < 1.29 is 14.3 Å². The fourth-order valence-electron chi connectivity index (χ4n) is 0.822. The van der Waals surface area contributed by atoms with Gasteiger partial charge in [-0.15, -0.1) is 6.58 Å². The molecule has 2 amide bonds. The average molecular weight is 214 g/mol. The monoisotopic (exact) mass is 214 g/mol. The van der Waals surface area contributed by atoms with E-state index in [0.717, 1.165) is 0 Å². The van der Waals surface area contributed by atoms with Crippen LogP contribution >= 0.6 is 0 Å². The number of hydrogen-bond acceptors (Lipinski definition) is 3. The first-order chi connectivity index (χ1) is 6.80. The lowest BCUT2D eigenvalue weighted by Gasteiger charge is -2.21. The predicted molar refractivity (Wildman–Crippen MR) is 57.4 cm³/mol. The minimum atomic E-state index is -0.773. The van der Waals surface area contributed by atoms with Crippen LogP contribution < -0.4 is 10.6 Å². The third kappa shape index (κ3) is 5.72. The first-order valence-corrected chi connectivity index (χ1v) is 4.64. The predicted octanol–water partition coefficient (Wildman–Crippen LogP) is 0.812. The van der Waals surface area contributed by atoms with E-state index in [1.807, 2.05) is 0 Å². The van der Waals surface area contributed by atoms with Crippen molar-refractivity contribution in [2.24, 2.45) is 0 Å². The first kappa shape index (κ1) is 13.5. The summed E-state index contributed by atoms with van der Waals surface area (Å²) >= 11 is 0. The molecule has 15 heavy (non-hydrogen) atoms. The van der Waals surface area contributed by atoms with Crippen LogP contribution in [0.1, 0.15) is 20.8 Å². The van der Waals surface area contributed by atoms with E-state index in [4.69, 9.17) is 4.74 Å². The van der Waals surface area contributed by atoms with Crippen LogP contribution in [0.25, 0.3) is 0 Å². The number of nitrogens with one attached hydrogen (secondary N) is 2. The highest BCUT2D eigenvalue weighted by Crippen LogP contribution is 2.06. The van der Waals surface area contributed by atoms with Crippen LogP contribution in [0.2, 0.25) is 0 Å². The molecule has 0 rings (SSSR count). The van der Waals surface area contributed by atoms with E-state index in [-0.39, 0.29) is 5.91 Å². The van der Waals surface area contributed by atoms with Crippen molar-refractivity contribution >= 4 is 12.0 Å². The molecular formula is C10H18N2O3. The van der Waals surface area contributed by atoms with Gasteiger partial charge in [0, 0.05) is 7.05 Å². The van der Waals surface area contributed by atoms with Gasteiger partial charge in [0.25, 0.3) is 0 Å². The molecule has 2 N–H and O–H groups in total. The fraction of sp³-hybridized carbons (Fsp3) is 0.600. The highest BCUT2D eigenvalue weighted by Gasteiger charge is 2.21. The summed E-state index contributed by atoms with van der Waals surface area (Å²) in [6.07, 6.45) is 0.693. The summed E-state index contributed by atoms with van der Waals surface area (Å²) in [5.41, 5.74) is -0.585. The number of hydrogen-bond donors (Lipinski definition) is 2. The van der Waals surface area contributed by atoms with Crippen LogP contribution in [0.4, 0.5) is 4.79 Å². The van der Waals surface area contributed by atoms with Crippen LogP contribution in [0.15, 0.2) is 12.7 Å². The molecule has 0 saturated carbocycles. The van der Waals surface area contributed by atoms with Gasteiger partial charge in [0.15, 0.2) is 0 Å². The molecule has 0 aromatic carbocycles. The molecule has 5 heteroatoms. The lowest BCUT2D eigenvalue weighted by Crippen LogP contribution is -2.46. The molecule has 5 nitrogen and oxygen atoms in total. The number of rotatable bonds is 3. The van der Waals surface area contributed by atoms with Crippen molar-refractivity contribution in [1.29, 1.82) is 0 Å². The first-order valence-electron chi connectivity index (χ1n) is 4.64. The summed E-state index contributed by atoms with van der Waals surface area (Å²) in [4.78, 5) is 22.5. The quantitative estimate of drug-likeness (QED) is 0.683. The minimum Gasteiger partial charge on any atom is -0.444 e. The van der Waals surface area contributed by atoms with Gasteiger partial charge < -0.3 is 15.4 Å². The largest absolute Gasteiger partial charge is 0.444 e. The number of amides is 2. The van der Waals surface area contributed by atoms with E-state index in [9.17, 15) is 9.59 Å². The van der Waals surface area contributed by atoms with Crippen molar-refractivity contribution in [1.82, 2.24) is 10.6 Å². The summed E-state index contributed by atoms with van der Waals surface area (Å²) in [5, 5.41) is 4.79. The zero-order valence-corrected chi connectivity index (χ0v) is 9.59. The number of carbonyl (C=O) groups excluding carboxylic acids is 2. The number of ether oxygens (including phenoxy) is 1. The minimum absolute atomic E-state index is 0.337. The third-order valence-corrected chi connectivity index (χ3v) is 1.44. The van der Waals surface area contributed by atoms with Crippen molar-refractivity contribution in [2.75, 3.05) is 7.05 Å². The Balaban J connectivity index is 4.26. The molecule has 0 aromatic heterocycles. The van der Waals surface area contributed by atoms with Gasteiger partial charge in [0.1, 0.15) is 11.6 Å². The maximum Gasteiger partial charge on any atom is 0.408 e. The summed E-state index contributed by atoms with van der Waals surface area (Å²) in [5.74, 6) is -0.337. The molecule has 0 unspecified atom stereocenters. The number of likely N-dealkylation sites (N-methyl/N-ethyl adjacent to an activating group) is 1. The Kier molecular flexibility index (Phi) is 4.84. The van der Waals surface area contributed by atoms with Gasteiger partial charge in [0.05, 0.1) is 0 Å². The number of carbonyl (C=O) groups is 2. The molecule has 0 saturated heterocycles. The van der Waals surface area contributed by atoms with Crippen molar-refractivity contribution in [3.05, 3.63) is 12.7 Å². The maximum absolute atomic E-state index is 11.3. The third-order valence-electron chi connectivity index (χ3n) is 1.44. The molecule has 0 heterocycles. The Morgan fingerprint density at radius 2 is 1.93 bits per heavy atom. The van der Waals surface area contributed by atoms with E-state index >= 15 is 0 Å². The highest BCUT2D eigenvalue weighted by molar-refractivity contribution is 5.87. The SMILES string of the molecule is C=C[C@@H](NC(=O)OC(C)(C)C)C(=O)NC. The van der Waals surface area contributed by atoms with Gasteiger partial charge in [-0.25, -0.2) is 4.79 Å². The number of alkyl carbamates (subject to hydrolysis) is 1. The van der Waals surface area contributed by atoms with Crippen LogP contribution in [0, 0.1) is 0 Å². The molecule has 0 aliphatic carbocycles. The van der Waals surface area contributed by atoms with E-state index in [1.54, 1.807) is 20.8 Å². The Bertz CT molecular complexity index is 256. The van der Waals surface area contributed by atoms with E-state index in [0.29, 0.717) is 0 Å². The molecule has 0 aliphatic rings. The van der Waals surface area contributed by atoms with Gasteiger partial charge in [-0.3, -0.25) is 4.79 Å². The van der Waals surface area contributed by atoms with E-state index in [1.165, 1.54) is 13.1 Å². The second-order valence-electron chi connectivity index (χ2n) is 3.97. The Hall–Kier alpha value is -1.52. The Morgan fingerprint density at radius 1 is 1.40 bits per heavy atom. The van der Waals surface area contributed by atoms with Crippen LogP contribution in [-0.4, -0.2) is 30.7 Å². The van der Waals surface area contributed by atoms with Gasteiger partial charge in [-0.1, -0.05) is 6.08 Å². The molecular weight excluding hydrogens is 196 g/mol. The standard InChI is InChI=1S/C10H18N2O3/c1-6-7(8(13)11-5)12-9(14)15-10(2,3)4/h6-7H,1H2,2-5H3,(H,11,13)(H,12,14)/t7-/m1/s1.